The van der Waals surface area contributed by atoms with E-state index in [1.807, 2.05) is 0 Å². The fourth-order valence-corrected chi connectivity index (χ4v) is 3.12. The zero-order valence-electron chi connectivity index (χ0n) is 17.6. The molecule has 0 aromatic rings. The van der Waals surface area contributed by atoms with Gasteiger partial charge in [0.25, 0.3) is 0 Å². The zero-order chi connectivity index (χ0) is 29.1. The Morgan fingerprint density at radius 2 is 0.917 bits per heavy atom. The van der Waals surface area contributed by atoms with Crippen molar-refractivity contribution in [1.82, 2.24) is 0 Å². The second kappa shape index (κ2) is 8.94. The summed E-state index contributed by atoms with van der Waals surface area (Å²) in [5.41, 5.74) is 0. The second-order valence-electron chi connectivity index (χ2n) is 8.31. The SMILES string of the molecule is C[C@H]1CC[C@@H](OC(=O)C(F)(F)C(F)(F)C(F)(F)C(F)(F)C(F)(F)C(F)(F)C(F)(F)C(F)(F)F)C[C@@H]1C. The highest BCUT2D eigenvalue weighted by Crippen LogP contribution is 2.64. The Kier molecular flexibility index (Phi) is 8.02. The van der Waals surface area contributed by atoms with Gasteiger partial charge in [0.2, 0.25) is 0 Å². The maximum atomic E-state index is 13.9. The summed E-state index contributed by atoms with van der Waals surface area (Å²) in [4.78, 5) is 11.4. The average Bonchev–Trinajstić information content (AvgIpc) is 2.68. The van der Waals surface area contributed by atoms with E-state index >= 15 is 0 Å². The van der Waals surface area contributed by atoms with Gasteiger partial charge < -0.3 is 4.74 Å². The van der Waals surface area contributed by atoms with Gasteiger partial charge in [0.15, 0.2) is 0 Å². The molecule has 0 N–H and O–H groups in total. The molecule has 1 aliphatic carbocycles. The molecule has 0 spiro atoms. The molecular formula is C17H15F17O2. The van der Waals surface area contributed by atoms with Gasteiger partial charge in [-0.3, -0.25) is 0 Å². The minimum atomic E-state index is -8.74. The fraction of sp³-hybridized carbons (Fsp3) is 0.941. The molecular weight excluding hydrogens is 559 g/mol. The van der Waals surface area contributed by atoms with Crippen LogP contribution in [-0.4, -0.2) is 59.7 Å². The molecule has 0 aliphatic heterocycles. The van der Waals surface area contributed by atoms with Gasteiger partial charge in [0, 0.05) is 0 Å². The van der Waals surface area contributed by atoms with Crippen LogP contribution in [0.25, 0.3) is 0 Å². The van der Waals surface area contributed by atoms with Crippen molar-refractivity contribution < 1.29 is 84.2 Å². The summed E-state index contributed by atoms with van der Waals surface area (Å²) in [5.74, 6) is -62.3. The van der Waals surface area contributed by atoms with Crippen LogP contribution in [0.4, 0.5) is 74.6 Å². The van der Waals surface area contributed by atoms with Crippen LogP contribution in [0, 0.1) is 11.8 Å². The van der Waals surface area contributed by atoms with E-state index in [9.17, 15) is 79.4 Å². The van der Waals surface area contributed by atoms with E-state index in [1.54, 1.807) is 6.92 Å². The van der Waals surface area contributed by atoms with Crippen molar-refractivity contribution in [2.75, 3.05) is 0 Å². The molecule has 1 fully saturated rings. The summed E-state index contributed by atoms with van der Waals surface area (Å²) in [5, 5.41) is 0. The first-order chi connectivity index (χ1) is 15.6. The van der Waals surface area contributed by atoms with Crippen LogP contribution in [0.5, 0.6) is 0 Å². The topological polar surface area (TPSA) is 26.3 Å². The number of rotatable bonds is 8. The van der Waals surface area contributed by atoms with Crippen molar-refractivity contribution in [3.05, 3.63) is 0 Å². The second-order valence-corrected chi connectivity index (χ2v) is 8.31. The van der Waals surface area contributed by atoms with Gasteiger partial charge >= 0.3 is 53.6 Å². The Hall–Kier alpha value is -1.72. The van der Waals surface area contributed by atoms with Crippen molar-refractivity contribution in [2.45, 2.75) is 86.8 Å². The van der Waals surface area contributed by atoms with Crippen molar-refractivity contribution in [1.29, 1.82) is 0 Å². The molecule has 0 heterocycles. The molecule has 1 rings (SSSR count). The molecule has 0 unspecified atom stereocenters. The zero-order valence-corrected chi connectivity index (χ0v) is 17.6. The maximum Gasteiger partial charge on any atom is 0.460 e. The molecule has 3 atom stereocenters. The molecule has 1 aliphatic rings. The first-order valence-corrected chi connectivity index (χ1v) is 9.48. The normalized spacial score (nSPS) is 24.0. The lowest BCUT2D eigenvalue weighted by Crippen LogP contribution is -2.75. The smallest absolute Gasteiger partial charge is 0.458 e. The number of ether oxygens (including phenoxy) is 1. The fourth-order valence-electron chi connectivity index (χ4n) is 3.12. The Morgan fingerprint density at radius 3 is 1.28 bits per heavy atom. The quantitative estimate of drug-likeness (QED) is 0.224. The van der Waals surface area contributed by atoms with E-state index in [-0.39, 0.29) is 25.2 Å². The summed E-state index contributed by atoms with van der Waals surface area (Å²) in [6.45, 7) is 3.07. The lowest BCUT2D eigenvalue weighted by Gasteiger charge is -2.42. The highest BCUT2D eigenvalue weighted by molar-refractivity contribution is 5.79. The summed E-state index contributed by atoms with van der Waals surface area (Å²) >= 11 is 0. The summed E-state index contributed by atoms with van der Waals surface area (Å²) in [7, 11) is 0. The molecule has 0 radical (unpaired) electrons. The molecule has 19 heteroatoms. The van der Waals surface area contributed by atoms with Crippen LogP contribution in [0.15, 0.2) is 0 Å². The Labute approximate surface area is 190 Å². The Balaban J connectivity index is 3.45. The van der Waals surface area contributed by atoms with Crippen molar-refractivity contribution >= 4 is 5.97 Å². The van der Waals surface area contributed by atoms with E-state index in [1.165, 1.54) is 6.92 Å². The van der Waals surface area contributed by atoms with Gasteiger partial charge in [0.05, 0.1) is 0 Å². The van der Waals surface area contributed by atoms with Crippen LogP contribution >= 0.6 is 0 Å². The molecule has 2 nitrogen and oxygen atoms in total. The van der Waals surface area contributed by atoms with Crippen molar-refractivity contribution in [3.63, 3.8) is 0 Å². The van der Waals surface area contributed by atoms with E-state index in [2.05, 4.69) is 4.74 Å². The summed E-state index contributed by atoms with van der Waals surface area (Å²) in [6, 6.07) is 0. The lowest BCUT2D eigenvalue weighted by molar-refractivity contribution is -0.460. The van der Waals surface area contributed by atoms with Gasteiger partial charge in [-0.1, -0.05) is 13.8 Å². The molecule has 1 saturated carbocycles. The van der Waals surface area contributed by atoms with Crippen molar-refractivity contribution in [3.8, 4) is 0 Å². The van der Waals surface area contributed by atoms with E-state index in [0.29, 0.717) is 0 Å². The third-order valence-electron chi connectivity index (χ3n) is 5.80. The number of hydrogen-bond acceptors (Lipinski definition) is 2. The first-order valence-electron chi connectivity index (χ1n) is 9.48. The monoisotopic (exact) mass is 574 g/mol. The molecule has 0 bridgehead atoms. The van der Waals surface area contributed by atoms with Crippen LogP contribution in [0.1, 0.15) is 33.1 Å². The van der Waals surface area contributed by atoms with E-state index in [0.717, 1.165) is 0 Å². The van der Waals surface area contributed by atoms with Crippen molar-refractivity contribution in [2.24, 2.45) is 11.8 Å². The third-order valence-corrected chi connectivity index (χ3v) is 5.80. The van der Waals surface area contributed by atoms with Gasteiger partial charge in [0.1, 0.15) is 6.10 Å². The Morgan fingerprint density at radius 1 is 0.556 bits per heavy atom. The Bertz CT molecular complexity index is 816. The van der Waals surface area contributed by atoms with Crippen LogP contribution in [0.2, 0.25) is 0 Å². The number of carbonyl (C=O) groups is 1. The van der Waals surface area contributed by atoms with E-state index in [4.69, 9.17) is 0 Å². The molecule has 0 aromatic heterocycles. The highest BCUT2D eigenvalue weighted by Gasteiger charge is 2.96. The predicted octanol–water partition coefficient (Wildman–Crippen LogP) is 7.36. The molecule has 0 saturated heterocycles. The third kappa shape index (κ3) is 4.45. The number of alkyl halides is 17. The standard InChI is InChI=1S/C17H15F17O2/c1-6-3-4-8(5-7(6)2)36-9(35)10(18,19)11(20,21)12(22,23)13(24,25)14(26,27)15(28,29)16(30,31)17(32,33)34/h6-8H,3-5H2,1-2H3/t6-,7-,8+/m0/s1. The number of halogens is 17. The lowest BCUT2D eigenvalue weighted by atomic mass is 9.80. The largest absolute Gasteiger partial charge is 0.460 e. The minimum absolute atomic E-state index is 0.101. The van der Waals surface area contributed by atoms with Crippen LogP contribution < -0.4 is 0 Å². The summed E-state index contributed by atoms with van der Waals surface area (Å²) < 4.78 is 229. The summed E-state index contributed by atoms with van der Waals surface area (Å²) in [6.07, 6.45) is -10.1. The van der Waals surface area contributed by atoms with Gasteiger partial charge in [-0.05, 0) is 31.1 Å². The predicted molar refractivity (Wildman–Crippen MR) is 82.7 cm³/mol. The van der Waals surface area contributed by atoms with Gasteiger partial charge in [-0.15, -0.1) is 0 Å². The highest BCUT2D eigenvalue weighted by atomic mass is 19.4. The minimum Gasteiger partial charge on any atom is -0.458 e. The van der Waals surface area contributed by atoms with Gasteiger partial charge in [-0.2, -0.15) is 74.6 Å². The first kappa shape index (κ1) is 32.3. The molecule has 214 valence electrons. The molecule has 0 aromatic carbocycles. The van der Waals surface area contributed by atoms with Gasteiger partial charge in [-0.25, -0.2) is 4.79 Å². The number of carbonyl (C=O) groups excluding carboxylic acids is 1. The van der Waals surface area contributed by atoms with Crippen LogP contribution in [0.3, 0.4) is 0 Å². The number of esters is 1. The molecule has 36 heavy (non-hydrogen) atoms. The number of hydrogen-bond donors (Lipinski definition) is 0. The van der Waals surface area contributed by atoms with Crippen LogP contribution in [-0.2, 0) is 9.53 Å². The average molecular weight is 574 g/mol. The molecule has 0 amide bonds. The maximum absolute atomic E-state index is 13.9. The van der Waals surface area contributed by atoms with E-state index < -0.39 is 65.6 Å².